The fourth-order valence-electron chi connectivity index (χ4n) is 1.65. The first-order valence-corrected chi connectivity index (χ1v) is 6.37. The largest absolute Gasteiger partial charge is 0.497 e. The van der Waals surface area contributed by atoms with Crippen LogP contribution in [0.25, 0.3) is 0 Å². The minimum atomic E-state index is -4.34. The van der Waals surface area contributed by atoms with Crippen molar-refractivity contribution in [3.05, 3.63) is 29.8 Å². The van der Waals surface area contributed by atoms with Crippen LogP contribution in [0.4, 0.5) is 13.2 Å². The molecule has 1 atom stereocenters. The monoisotopic (exact) mass is 291 g/mol. The average molecular weight is 291 g/mol. The minimum absolute atomic E-state index is 0.164. The lowest BCUT2D eigenvalue weighted by atomic mass is 10.1. The van der Waals surface area contributed by atoms with Crippen LogP contribution in [0.15, 0.2) is 24.3 Å². The van der Waals surface area contributed by atoms with Gasteiger partial charge in [-0.1, -0.05) is 26.0 Å². The van der Waals surface area contributed by atoms with Crippen molar-refractivity contribution in [1.82, 2.24) is 5.32 Å². The van der Waals surface area contributed by atoms with E-state index in [-0.39, 0.29) is 6.04 Å². The highest BCUT2D eigenvalue weighted by Gasteiger charge is 2.29. The molecule has 1 N–H and O–H groups in total. The van der Waals surface area contributed by atoms with E-state index in [0.29, 0.717) is 17.9 Å². The van der Waals surface area contributed by atoms with Gasteiger partial charge < -0.3 is 14.8 Å². The van der Waals surface area contributed by atoms with Gasteiger partial charge in [-0.15, -0.1) is 0 Å². The summed E-state index contributed by atoms with van der Waals surface area (Å²) in [6, 6.07) is 7.04. The Morgan fingerprint density at radius 3 is 2.50 bits per heavy atom. The average Bonchev–Trinajstić information content (AvgIpc) is 2.37. The van der Waals surface area contributed by atoms with E-state index >= 15 is 0 Å². The predicted molar refractivity (Wildman–Crippen MR) is 70.9 cm³/mol. The summed E-state index contributed by atoms with van der Waals surface area (Å²) in [5.41, 5.74) is 0.654. The zero-order chi connectivity index (χ0) is 15.2. The molecule has 3 nitrogen and oxygen atoms in total. The van der Waals surface area contributed by atoms with E-state index in [4.69, 9.17) is 9.47 Å². The highest BCUT2D eigenvalue weighted by atomic mass is 19.4. The molecule has 0 aromatic heterocycles. The zero-order valence-corrected chi connectivity index (χ0v) is 11.8. The Morgan fingerprint density at radius 2 is 1.95 bits per heavy atom. The predicted octanol–water partition coefficient (Wildman–Crippen LogP) is 3.31. The van der Waals surface area contributed by atoms with Gasteiger partial charge >= 0.3 is 6.18 Å². The highest BCUT2D eigenvalue weighted by molar-refractivity contribution is 5.30. The van der Waals surface area contributed by atoms with Crippen molar-refractivity contribution in [3.63, 3.8) is 0 Å². The summed E-state index contributed by atoms with van der Waals surface area (Å²) in [6.45, 7) is 2.88. The molecular weight excluding hydrogens is 271 g/mol. The smallest absolute Gasteiger partial charge is 0.411 e. The molecule has 1 unspecified atom stereocenters. The number of hydrogen-bond acceptors (Lipinski definition) is 3. The van der Waals surface area contributed by atoms with E-state index < -0.39 is 18.9 Å². The number of halogens is 3. The van der Waals surface area contributed by atoms with Crippen molar-refractivity contribution in [2.75, 3.05) is 20.3 Å². The van der Waals surface area contributed by atoms with Gasteiger partial charge in [0.05, 0.1) is 13.2 Å². The fraction of sp³-hybridized carbons (Fsp3) is 0.571. The van der Waals surface area contributed by atoms with Crippen LogP contribution >= 0.6 is 0 Å². The van der Waals surface area contributed by atoms with Gasteiger partial charge in [-0.2, -0.15) is 13.2 Å². The van der Waals surface area contributed by atoms with E-state index in [1.807, 2.05) is 13.8 Å². The molecule has 20 heavy (non-hydrogen) atoms. The number of hydrogen-bond donors (Lipinski definition) is 1. The molecule has 0 radical (unpaired) electrons. The summed E-state index contributed by atoms with van der Waals surface area (Å²) in [7, 11) is 1.51. The van der Waals surface area contributed by atoms with Crippen LogP contribution in [-0.4, -0.2) is 32.5 Å². The van der Waals surface area contributed by atoms with Crippen molar-refractivity contribution in [2.45, 2.75) is 32.2 Å². The van der Waals surface area contributed by atoms with Crippen LogP contribution in [0, 0.1) is 0 Å². The maximum atomic E-state index is 12.3. The lowest BCUT2D eigenvalue weighted by Crippen LogP contribution is -2.31. The van der Waals surface area contributed by atoms with Gasteiger partial charge in [-0.25, -0.2) is 0 Å². The second-order valence-electron chi connectivity index (χ2n) is 4.75. The Balaban J connectivity index is 2.79. The van der Waals surface area contributed by atoms with Gasteiger partial charge in [0.2, 0.25) is 0 Å². The molecule has 1 aromatic carbocycles. The van der Waals surface area contributed by atoms with Crippen molar-refractivity contribution < 1.29 is 22.6 Å². The maximum absolute atomic E-state index is 12.3. The Bertz CT molecular complexity index is 408. The number of rotatable bonds is 7. The summed E-state index contributed by atoms with van der Waals surface area (Å²) in [4.78, 5) is 0. The van der Waals surface area contributed by atoms with Crippen LogP contribution in [0.5, 0.6) is 5.75 Å². The molecule has 0 aliphatic rings. The second-order valence-corrected chi connectivity index (χ2v) is 4.75. The number of nitrogens with one attached hydrogen (secondary N) is 1. The summed E-state index contributed by atoms with van der Waals surface area (Å²) in [5.74, 6) is 0.590. The quantitative estimate of drug-likeness (QED) is 0.836. The second kappa shape index (κ2) is 7.50. The number of alkyl halides is 3. The Hall–Kier alpha value is -1.27. The van der Waals surface area contributed by atoms with Gasteiger partial charge in [0.25, 0.3) is 0 Å². The van der Waals surface area contributed by atoms with Gasteiger partial charge in [-0.05, 0) is 17.7 Å². The first kappa shape index (κ1) is 16.8. The van der Waals surface area contributed by atoms with Crippen molar-refractivity contribution in [1.29, 1.82) is 0 Å². The highest BCUT2D eigenvalue weighted by Crippen LogP contribution is 2.25. The van der Waals surface area contributed by atoms with Crippen LogP contribution in [0.3, 0.4) is 0 Å². The molecular formula is C14H20F3NO2. The molecule has 0 aliphatic heterocycles. The molecule has 1 rings (SSSR count). The van der Waals surface area contributed by atoms with Crippen molar-refractivity contribution >= 4 is 0 Å². The van der Waals surface area contributed by atoms with E-state index in [9.17, 15) is 13.2 Å². The van der Waals surface area contributed by atoms with E-state index in [2.05, 4.69) is 5.32 Å². The zero-order valence-electron chi connectivity index (χ0n) is 11.8. The molecule has 0 saturated heterocycles. The topological polar surface area (TPSA) is 30.5 Å². The maximum Gasteiger partial charge on any atom is 0.411 e. The molecule has 0 aliphatic carbocycles. The first-order valence-electron chi connectivity index (χ1n) is 6.37. The summed E-state index contributed by atoms with van der Waals surface area (Å²) in [6.07, 6.45) is -5.01. The summed E-state index contributed by atoms with van der Waals surface area (Å²) < 4.78 is 47.0. The number of benzene rings is 1. The van der Waals surface area contributed by atoms with Gasteiger partial charge in [0, 0.05) is 12.6 Å². The summed E-state index contributed by atoms with van der Waals surface area (Å²) in [5, 5.41) is 3.08. The third-order valence-electron chi connectivity index (χ3n) is 2.63. The Morgan fingerprint density at radius 1 is 1.25 bits per heavy atom. The summed E-state index contributed by atoms with van der Waals surface area (Å²) >= 11 is 0. The van der Waals surface area contributed by atoms with E-state index in [1.165, 1.54) is 7.11 Å². The third-order valence-corrected chi connectivity index (χ3v) is 2.63. The standard InChI is InChI=1S/C14H20F3NO2/c1-10(2)18-8-13(20-9-14(15,16)17)11-5-4-6-12(7-11)19-3/h4-7,10,13,18H,8-9H2,1-3H3. The molecule has 1 aromatic rings. The lowest BCUT2D eigenvalue weighted by molar-refractivity contribution is -0.185. The molecule has 114 valence electrons. The Labute approximate surface area is 117 Å². The molecule has 0 spiro atoms. The molecule has 0 fully saturated rings. The van der Waals surface area contributed by atoms with Crippen molar-refractivity contribution in [2.24, 2.45) is 0 Å². The fourth-order valence-corrected chi connectivity index (χ4v) is 1.65. The van der Waals surface area contributed by atoms with Gasteiger partial charge in [0.15, 0.2) is 0 Å². The number of ether oxygens (including phenoxy) is 2. The van der Waals surface area contributed by atoms with E-state index in [1.54, 1.807) is 24.3 Å². The van der Waals surface area contributed by atoms with Crippen molar-refractivity contribution in [3.8, 4) is 5.75 Å². The van der Waals surface area contributed by atoms with Crippen LogP contribution in [-0.2, 0) is 4.74 Å². The van der Waals surface area contributed by atoms with Crippen LogP contribution in [0.1, 0.15) is 25.5 Å². The van der Waals surface area contributed by atoms with Crippen LogP contribution < -0.4 is 10.1 Å². The number of methoxy groups -OCH3 is 1. The molecule has 0 amide bonds. The SMILES string of the molecule is COc1cccc(C(CNC(C)C)OCC(F)(F)F)c1. The minimum Gasteiger partial charge on any atom is -0.497 e. The third kappa shape index (κ3) is 6.25. The van der Waals surface area contributed by atoms with Crippen LogP contribution in [0.2, 0.25) is 0 Å². The molecule has 0 heterocycles. The van der Waals surface area contributed by atoms with Gasteiger partial charge in [0.1, 0.15) is 12.4 Å². The molecule has 0 saturated carbocycles. The molecule has 0 bridgehead atoms. The molecule has 6 heteroatoms. The normalized spacial score (nSPS) is 13.6. The Kier molecular flexibility index (Phi) is 6.29. The first-order chi connectivity index (χ1) is 9.31. The van der Waals surface area contributed by atoms with E-state index in [0.717, 1.165) is 0 Å². The lowest BCUT2D eigenvalue weighted by Gasteiger charge is -2.21. The van der Waals surface area contributed by atoms with Gasteiger partial charge in [-0.3, -0.25) is 0 Å².